The van der Waals surface area contributed by atoms with Crippen LogP contribution < -0.4 is 0 Å². The van der Waals surface area contributed by atoms with Gasteiger partial charge in [-0.25, -0.2) is 8.42 Å². The Labute approximate surface area is 165 Å². The largest absolute Gasteiger partial charge is 0.351 e. The quantitative estimate of drug-likeness (QED) is 0.712. The topological polar surface area (TPSA) is 62.6 Å². The van der Waals surface area contributed by atoms with Gasteiger partial charge >= 0.3 is 0 Å². The highest BCUT2D eigenvalue weighted by Gasteiger charge is 2.29. The van der Waals surface area contributed by atoms with Crippen molar-refractivity contribution in [1.29, 1.82) is 0 Å². The second-order valence-electron chi connectivity index (χ2n) is 6.90. The molecule has 27 heavy (non-hydrogen) atoms. The van der Waals surface area contributed by atoms with Crippen molar-refractivity contribution >= 4 is 27.4 Å². The summed E-state index contributed by atoms with van der Waals surface area (Å²) in [7, 11) is -1.59. The van der Waals surface area contributed by atoms with Crippen molar-refractivity contribution in [3.8, 4) is 0 Å². The third kappa shape index (κ3) is 4.11. The Bertz CT molecular complexity index is 943. The number of benzene rings is 1. The third-order valence-electron chi connectivity index (χ3n) is 5.23. The van der Waals surface area contributed by atoms with Crippen molar-refractivity contribution in [1.82, 2.24) is 13.8 Å². The molecule has 1 aliphatic rings. The fourth-order valence-corrected chi connectivity index (χ4v) is 4.86. The fourth-order valence-electron chi connectivity index (χ4n) is 3.31. The summed E-state index contributed by atoms with van der Waals surface area (Å²) in [6.45, 7) is 6.02. The highest BCUT2D eigenvalue weighted by Crippen LogP contribution is 2.20. The van der Waals surface area contributed by atoms with Crippen LogP contribution in [0.4, 0.5) is 0 Å². The molecular formula is C19H24ClN3O3S. The van der Waals surface area contributed by atoms with E-state index in [1.807, 2.05) is 36.4 Å². The van der Waals surface area contributed by atoms with Gasteiger partial charge in [-0.2, -0.15) is 4.31 Å². The van der Waals surface area contributed by atoms with E-state index in [9.17, 15) is 13.2 Å². The van der Waals surface area contributed by atoms with E-state index < -0.39 is 10.0 Å². The van der Waals surface area contributed by atoms with Gasteiger partial charge in [0.2, 0.25) is 10.0 Å². The maximum absolute atomic E-state index is 12.7. The van der Waals surface area contributed by atoms with Crippen LogP contribution in [0, 0.1) is 13.8 Å². The van der Waals surface area contributed by atoms with Crippen LogP contribution >= 0.6 is 11.6 Å². The average Bonchev–Trinajstić information content (AvgIpc) is 2.90. The summed E-state index contributed by atoms with van der Waals surface area (Å²) in [6.07, 6.45) is 0. The molecule has 1 fully saturated rings. The molecule has 0 aliphatic carbocycles. The van der Waals surface area contributed by atoms with E-state index in [-0.39, 0.29) is 10.7 Å². The molecular weight excluding hydrogens is 386 g/mol. The van der Waals surface area contributed by atoms with Crippen LogP contribution in [0.15, 0.2) is 35.2 Å². The number of halogens is 1. The lowest BCUT2D eigenvalue weighted by Crippen LogP contribution is -2.49. The molecule has 0 bridgehead atoms. The zero-order chi connectivity index (χ0) is 19.8. The minimum absolute atomic E-state index is 0.0743. The lowest BCUT2D eigenvalue weighted by atomic mass is 10.1. The monoisotopic (exact) mass is 409 g/mol. The number of sulfonamides is 1. The first-order valence-electron chi connectivity index (χ1n) is 8.84. The number of aryl methyl sites for hydroxylation is 1. The number of rotatable bonds is 5. The number of carbonyl (C=O) groups excluding carboxylic acids is 1. The van der Waals surface area contributed by atoms with E-state index in [2.05, 4.69) is 0 Å². The molecule has 0 saturated carbocycles. The summed E-state index contributed by atoms with van der Waals surface area (Å²) in [5, 5.41) is 0.503. The van der Waals surface area contributed by atoms with Gasteiger partial charge < -0.3 is 4.57 Å². The number of piperazine rings is 1. The highest BCUT2D eigenvalue weighted by molar-refractivity contribution is 7.89. The molecule has 0 N–H and O–H groups in total. The Balaban J connectivity index is 1.62. The van der Waals surface area contributed by atoms with Gasteiger partial charge in [0.25, 0.3) is 0 Å². The van der Waals surface area contributed by atoms with Crippen molar-refractivity contribution in [2.75, 3.05) is 32.7 Å². The van der Waals surface area contributed by atoms with Crippen molar-refractivity contribution in [2.24, 2.45) is 7.05 Å². The molecule has 8 heteroatoms. The Morgan fingerprint density at radius 2 is 1.67 bits per heavy atom. The smallest absolute Gasteiger partial charge is 0.243 e. The molecule has 6 nitrogen and oxygen atoms in total. The van der Waals surface area contributed by atoms with Crippen molar-refractivity contribution in [3.05, 3.63) is 52.3 Å². The van der Waals surface area contributed by atoms with Crippen LogP contribution in [0.25, 0.3) is 0 Å². The minimum Gasteiger partial charge on any atom is -0.351 e. The van der Waals surface area contributed by atoms with Gasteiger partial charge in [0, 0.05) is 55.2 Å². The zero-order valence-corrected chi connectivity index (χ0v) is 17.3. The molecule has 2 aromatic rings. The molecule has 0 unspecified atom stereocenters. The van der Waals surface area contributed by atoms with E-state index in [1.165, 1.54) is 16.4 Å². The van der Waals surface area contributed by atoms with Crippen LogP contribution in [-0.2, 0) is 17.1 Å². The number of carbonyl (C=O) groups is 1. The number of ketones is 1. The Kier molecular flexibility index (Phi) is 5.76. The summed E-state index contributed by atoms with van der Waals surface area (Å²) in [6, 6.07) is 8.11. The van der Waals surface area contributed by atoms with E-state index in [0.717, 1.165) is 17.0 Å². The fraction of sp³-hybridized carbons (Fsp3) is 0.421. The SMILES string of the molecule is Cc1cc(C(=O)CN2CCN(S(=O)(=O)c3ccc(Cl)cc3)CC2)c(C)n1C. The van der Waals surface area contributed by atoms with Crippen LogP contribution in [0.1, 0.15) is 21.7 Å². The molecule has 146 valence electrons. The molecule has 1 aromatic heterocycles. The molecule has 0 amide bonds. The predicted octanol–water partition coefficient (Wildman–Crippen LogP) is 2.48. The number of Topliss-reactive ketones (excluding diaryl/α,β-unsaturated/α-hetero) is 1. The Hall–Kier alpha value is -1.67. The number of hydrogen-bond acceptors (Lipinski definition) is 4. The Morgan fingerprint density at radius 3 is 2.19 bits per heavy atom. The van der Waals surface area contributed by atoms with Crippen molar-refractivity contribution < 1.29 is 13.2 Å². The van der Waals surface area contributed by atoms with Gasteiger partial charge in [-0.3, -0.25) is 9.69 Å². The summed E-state index contributed by atoms with van der Waals surface area (Å²) in [5.41, 5.74) is 2.75. The van der Waals surface area contributed by atoms with Gasteiger partial charge in [0.1, 0.15) is 0 Å². The van der Waals surface area contributed by atoms with E-state index >= 15 is 0 Å². The van der Waals surface area contributed by atoms with Crippen molar-refractivity contribution in [3.63, 3.8) is 0 Å². The van der Waals surface area contributed by atoms with E-state index in [0.29, 0.717) is 37.7 Å². The van der Waals surface area contributed by atoms with E-state index in [1.54, 1.807) is 12.1 Å². The van der Waals surface area contributed by atoms with Crippen LogP contribution in [0.2, 0.25) is 5.02 Å². The second kappa shape index (κ2) is 7.75. The number of hydrogen-bond donors (Lipinski definition) is 0. The van der Waals surface area contributed by atoms with Gasteiger partial charge in [0.15, 0.2) is 5.78 Å². The maximum Gasteiger partial charge on any atom is 0.243 e. The summed E-state index contributed by atoms with van der Waals surface area (Å²) >= 11 is 5.84. The van der Waals surface area contributed by atoms with Gasteiger partial charge in [-0.1, -0.05) is 11.6 Å². The molecule has 0 atom stereocenters. The first-order valence-corrected chi connectivity index (χ1v) is 10.7. The summed E-state index contributed by atoms with van der Waals surface area (Å²) < 4.78 is 28.9. The van der Waals surface area contributed by atoms with Crippen LogP contribution in [0.3, 0.4) is 0 Å². The third-order valence-corrected chi connectivity index (χ3v) is 7.39. The molecule has 3 rings (SSSR count). The molecule has 1 aliphatic heterocycles. The summed E-state index contributed by atoms with van der Waals surface area (Å²) in [5.74, 6) is 0.0743. The zero-order valence-electron chi connectivity index (χ0n) is 15.8. The van der Waals surface area contributed by atoms with Gasteiger partial charge in [-0.05, 0) is 44.2 Å². The second-order valence-corrected chi connectivity index (χ2v) is 9.28. The highest BCUT2D eigenvalue weighted by atomic mass is 35.5. The van der Waals surface area contributed by atoms with E-state index in [4.69, 9.17) is 11.6 Å². The summed E-state index contributed by atoms with van der Waals surface area (Å²) in [4.78, 5) is 14.9. The lowest BCUT2D eigenvalue weighted by molar-refractivity contribution is 0.0901. The first kappa shape index (κ1) is 20.1. The normalized spacial score (nSPS) is 16.6. The number of nitrogens with zero attached hydrogens (tertiary/aromatic N) is 3. The minimum atomic E-state index is -3.53. The van der Waals surface area contributed by atoms with Gasteiger partial charge in [-0.15, -0.1) is 0 Å². The van der Waals surface area contributed by atoms with Crippen LogP contribution in [-0.4, -0.2) is 60.7 Å². The average molecular weight is 410 g/mol. The number of aromatic nitrogens is 1. The van der Waals surface area contributed by atoms with Gasteiger partial charge in [0.05, 0.1) is 11.4 Å². The van der Waals surface area contributed by atoms with Crippen molar-refractivity contribution in [2.45, 2.75) is 18.7 Å². The molecule has 1 saturated heterocycles. The lowest BCUT2D eigenvalue weighted by Gasteiger charge is -2.33. The standard InChI is InChI=1S/C19H24ClN3O3S/c1-14-12-18(15(2)21(14)3)19(24)13-22-8-10-23(11-9-22)27(25,26)17-6-4-16(20)5-7-17/h4-7,12H,8-11,13H2,1-3H3. The molecule has 0 radical (unpaired) electrons. The first-order chi connectivity index (χ1) is 12.7. The molecule has 1 aromatic carbocycles. The maximum atomic E-state index is 12.7. The molecule has 2 heterocycles. The Morgan fingerprint density at radius 1 is 1.07 bits per heavy atom. The van der Waals surface area contributed by atoms with Crippen LogP contribution in [0.5, 0.6) is 0 Å². The molecule has 0 spiro atoms. The predicted molar refractivity (Wildman–Crippen MR) is 106 cm³/mol.